The summed E-state index contributed by atoms with van der Waals surface area (Å²) in [5.74, 6) is -4.51. The summed E-state index contributed by atoms with van der Waals surface area (Å²) in [4.78, 5) is 23.3. The number of aromatic carboxylic acids is 1. The van der Waals surface area contributed by atoms with Gasteiger partial charge in [-0.1, -0.05) is 18.2 Å². The summed E-state index contributed by atoms with van der Waals surface area (Å²) < 4.78 is 17.9. The van der Waals surface area contributed by atoms with Crippen LogP contribution >= 0.6 is 0 Å². The topological polar surface area (TPSA) is 210 Å². The first-order valence-electron chi connectivity index (χ1n) is 11.3. The fraction of sp³-hybridized carbons (Fsp3) is 0.458. The number of carbonyl (C=O) groups excluding carboxylic acids is 1. The molecule has 0 saturated carbocycles. The Bertz CT molecular complexity index is 1050. The number of nitrogens with zero attached hydrogens (tertiary/aromatic N) is 1. The maximum absolute atomic E-state index is 11.9. The van der Waals surface area contributed by atoms with Crippen LogP contribution in [0.15, 0.2) is 49.0 Å². The smallest absolute Gasteiger partial charge is 0.335 e. The monoisotopic (exact) mass is 523 g/mol. The van der Waals surface area contributed by atoms with Crippen LogP contribution in [0.25, 0.3) is 6.08 Å². The zero-order valence-electron chi connectivity index (χ0n) is 19.6. The number of aliphatic carboxylic acids is 1. The van der Waals surface area contributed by atoms with Gasteiger partial charge < -0.3 is 54.8 Å². The van der Waals surface area contributed by atoms with Crippen molar-refractivity contribution in [2.45, 2.75) is 43.5 Å². The van der Waals surface area contributed by atoms with E-state index in [4.69, 9.17) is 14.2 Å². The molecule has 37 heavy (non-hydrogen) atoms. The number of pyridine rings is 1. The highest BCUT2D eigenvalue weighted by Gasteiger charge is 2.47. The lowest BCUT2D eigenvalue weighted by Crippen LogP contribution is -2.60. The molecule has 13 heteroatoms. The first-order chi connectivity index (χ1) is 17.6. The molecule has 0 aliphatic carbocycles. The number of aliphatic hydroxyl groups excluding tert-OH is 5. The van der Waals surface area contributed by atoms with Crippen LogP contribution in [-0.4, -0.2) is 92.8 Å². The van der Waals surface area contributed by atoms with Crippen LogP contribution in [-0.2, 0) is 25.5 Å². The lowest BCUT2D eigenvalue weighted by Gasteiger charge is -2.42. The van der Waals surface area contributed by atoms with E-state index in [0.29, 0.717) is 5.56 Å². The maximum atomic E-state index is 11.9. The van der Waals surface area contributed by atoms with Gasteiger partial charge in [-0.2, -0.15) is 0 Å². The normalized spacial score (nSPS) is 32.0. The number of ether oxygens (including phenoxy) is 3. The highest BCUT2D eigenvalue weighted by molar-refractivity contribution is 5.88. The average molecular weight is 523 g/mol. The Labute approximate surface area is 211 Å². The second-order valence-corrected chi connectivity index (χ2v) is 8.52. The molecule has 1 aromatic heterocycles. The van der Waals surface area contributed by atoms with E-state index in [-0.39, 0.29) is 24.3 Å². The van der Waals surface area contributed by atoms with Crippen LogP contribution in [0.4, 0.5) is 0 Å². The predicted octanol–water partition coefficient (Wildman–Crippen LogP) is -3.10. The van der Waals surface area contributed by atoms with Crippen LogP contribution in [0, 0.1) is 11.8 Å². The Morgan fingerprint density at radius 2 is 1.86 bits per heavy atom. The van der Waals surface area contributed by atoms with Gasteiger partial charge in [0, 0.05) is 11.5 Å². The molecule has 1 saturated heterocycles. The lowest BCUT2D eigenvalue weighted by molar-refractivity contribution is -0.698. The summed E-state index contributed by atoms with van der Waals surface area (Å²) >= 11 is 0. The number of carboxylic acid groups (broad SMARTS) is 2. The molecule has 1 aromatic rings. The van der Waals surface area contributed by atoms with Crippen molar-refractivity contribution < 1.29 is 64.1 Å². The third-order valence-electron chi connectivity index (χ3n) is 6.08. The molecule has 0 aromatic carbocycles. The number of carbonyl (C=O) groups is 2. The average Bonchev–Trinajstić information content (AvgIpc) is 2.87. The Morgan fingerprint density at radius 3 is 2.46 bits per heavy atom. The molecule has 202 valence electrons. The van der Waals surface area contributed by atoms with Gasteiger partial charge in [-0.05, 0) is 6.07 Å². The number of hydrogen-bond acceptors (Lipinski definition) is 11. The zero-order chi connectivity index (χ0) is 27.3. The summed E-state index contributed by atoms with van der Waals surface area (Å²) in [6.45, 7) is 2.92. The minimum atomic E-state index is -1.71. The molecule has 2 aliphatic rings. The van der Waals surface area contributed by atoms with Crippen LogP contribution in [0.2, 0.25) is 0 Å². The lowest BCUT2D eigenvalue weighted by atomic mass is 9.83. The largest absolute Gasteiger partial charge is 0.545 e. The Kier molecular flexibility index (Phi) is 9.50. The first-order valence-corrected chi connectivity index (χ1v) is 11.3. The second kappa shape index (κ2) is 12.4. The summed E-state index contributed by atoms with van der Waals surface area (Å²) in [5, 5.41) is 69.9. The number of hydrogen-bond donors (Lipinski definition) is 6. The van der Waals surface area contributed by atoms with Gasteiger partial charge in [0.1, 0.15) is 31.0 Å². The SMILES string of the molecule is C=C[C@H]1[C@H](O[C@@H]2O[C@H](CO)[C@@H](O)[C@H](O)[C@H]2O)OC=C(C(=O)O)[C@H]1/C=C/c1cc(C(=O)[O-])c[n+](CCO)c1. The quantitative estimate of drug-likeness (QED) is 0.133. The number of rotatable bonds is 10. The van der Waals surface area contributed by atoms with E-state index in [1.54, 1.807) is 6.20 Å². The molecule has 1 fully saturated rings. The van der Waals surface area contributed by atoms with Crippen LogP contribution < -0.4 is 9.67 Å². The van der Waals surface area contributed by atoms with E-state index in [1.165, 1.54) is 35.1 Å². The van der Waals surface area contributed by atoms with Gasteiger partial charge in [0.25, 0.3) is 0 Å². The van der Waals surface area contributed by atoms with Gasteiger partial charge in [0.05, 0.1) is 35.9 Å². The highest BCUT2D eigenvalue weighted by Crippen LogP contribution is 2.36. The molecule has 2 aliphatic heterocycles. The van der Waals surface area contributed by atoms with Crippen molar-refractivity contribution >= 4 is 18.0 Å². The summed E-state index contributed by atoms with van der Waals surface area (Å²) in [5.41, 5.74) is 0.0513. The minimum Gasteiger partial charge on any atom is -0.545 e. The fourth-order valence-electron chi connectivity index (χ4n) is 4.13. The Morgan fingerprint density at radius 1 is 1.14 bits per heavy atom. The molecule has 0 radical (unpaired) electrons. The van der Waals surface area contributed by atoms with Gasteiger partial charge in [-0.3, -0.25) is 0 Å². The third-order valence-corrected chi connectivity index (χ3v) is 6.08. The third kappa shape index (κ3) is 6.40. The van der Waals surface area contributed by atoms with E-state index in [2.05, 4.69) is 6.58 Å². The first kappa shape index (κ1) is 28.4. The van der Waals surface area contributed by atoms with E-state index >= 15 is 0 Å². The van der Waals surface area contributed by atoms with Crippen molar-refractivity contribution in [3.05, 3.63) is 60.2 Å². The Hall–Kier alpha value is -3.17. The molecule has 0 bridgehead atoms. The molecule has 3 heterocycles. The van der Waals surface area contributed by atoms with Crippen molar-refractivity contribution in [2.24, 2.45) is 11.8 Å². The molecular weight excluding hydrogens is 494 g/mol. The molecule has 3 rings (SSSR count). The van der Waals surface area contributed by atoms with Gasteiger partial charge in [0.2, 0.25) is 6.29 Å². The van der Waals surface area contributed by atoms with Crippen molar-refractivity contribution in [1.29, 1.82) is 0 Å². The maximum Gasteiger partial charge on any atom is 0.335 e. The van der Waals surface area contributed by atoms with Gasteiger partial charge in [-0.15, -0.1) is 6.58 Å². The molecular formula is C24H29NO12. The molecule has 6 N–H and O–H groups in total. The Balaban J connectivity index is 1.90. The summed E-state index contributed by atoms with van der Waals surface area (Å²) in [6, 6.07) is 1.31. The minimum absolute atomic E-state index is 0.115. The molecule has 13 nitrogen and oxygen atoms in total. The van der Waals surface area contributed by atoms with Gasteiger partial charge in [0.15, 0.2) is 25.2 Å². The van der Waals surface area contributed by atoms with Crippen LogP contribution in [0.5, 0.6) is 0 Å². The predicted molar refractivity (Wildman–Crippen MR) is 120 cm³/mol. The van der Waals surface area contributed by atoms with Crippen LogP contribution in [0.3, 0.4) is 0 Å². The van der Waals surface area contributed by atoms with Crippen LogP contribution in [0.1, 0.15) is 15.9 Å². The zero-order valence-corrected chi connectivity index (χ0v) is 19.6. The molecule has 0 unspecified atom stereocenters. The molecule has 8 atom stereocenters. The van der Waals surface area contributed by atoms with Crippen molar-refractivity contribution in [3.8, 4) is 0 Å². The fourth-order valence-corrected chi connectivity index (χ4v) is 4.13. The van der Waals surface area contributed by atoms with E-state index in [9.17, 15) is 45.3 Å². The standard InChI is InChI=1S/C24H29NO12/c1-2-14-15(4-3-12-7-13(21(31)32)9-25(8-12)5-6-26)16(22(33)34)11-35-23(14)37-24-20(30)19(29)18(28)17(10-27)36-24/h2-4,7-9,11,14-15,17-20,23-24,26-30H,1,5-6,10H2,(H-,31,32,33,34)/b4-3+/t14-,15+,17-,18-,19+,20-,23+,24+/m1/s1. The van der Waals surface area contributed by atoms with E-state index in [0.717, 1.165) is 6.26 Å². The van der Waals surface area contributed by atoms with Gasteiger partial charge >= 0.3 is 5.97 Å². The van der Waals surface area contributed by atoms with Crippen molar-refractivity contribution in [3.63, 3.8) is 0 Å². The van der Waals surface area contributed by atoms with Gasteiger partial charge in [-0.25, -0.2) is 9.36 Å². The second-order valence-electron chi connectivity index (χ2n) is 8.52. The van der Waals surface area contributed by atoms with Crippen molar-refractivity contribution in [1.82, 2.24) is 0 Å². The highest BCUT2D eigenvalue weighted by atomic mass is 16.8. The summed E-state index contributed by atoms with van der Waals surface area (Å²) in [6.07, 6.45) is -0.897. The van der Waals surface area contributed by atoms with E-state index in [1.807, 2.05) is 0 Å². The number of carboxylic acids is 2. The van der Waals surface area contributed by atoms with E-state index < -0.39 is 67.4 Å². The number of aromatic nitrogens is 1. The summed E-state index contributed by atoms with van der Waals surface area (Å²) in [7, 11) is 0. The molecule has 0 spiro atoms. The van der Waals surface area contributed by atoms with Crippen molar-refractivity contribution in [2.75, 3.05) is 13.2 Å². The number of aliphatic hydroxyl groups is 5. The molecule has 0 amide bonds. The number of allylic oxidation sites excluding steroid dienone is 1.